The zero-order valence-electron chi connectivity index (χ0n) is 15.1. The Morgan fingerprint density at radius 1 is 1.38 bits per heavy atom. The lowest BCUT2D eigenvalue weighted by Gasteiger charge is -2.44. The molecule has 6 heteroatoms. The molecule has 6 nitrogen and oxygen atoms in total. The van der Waals surface area contributed by atoms with Crippen molar-refractivity contribution in [3.63, 3.8) is 0 Å². The summed E-state index contributed by atoms with van der Waals surface area (Å²) in [4.78, 5) is 18.6. The number of anilines is 1. The lowest BCUT2D eigenvalue weighted by Crippen LogP contribution is -2.57. The molecule has 0 aliphatic carbocycles. The molecule has 1 aliphatic heterocycles. The Labute approximate surface area is 153 Å². The van der Waals surface area contributed by atoms with E-state index in [0.29, 0.717) is 18.7 Å². The number of aliphatic hydroxyl groups excluding tert-OH is 1. The highest BCUT2D eigenvalue weighted by Gasteiger charge is 2.49. The number of carbonyl (C=O) groups is 1. The van der Waals surface area contributed by atoms with Gasteiger partial charge in [0.1, 0.15) is 17.0 Å². The molecule has 2 aromatic rings. The summed E-state index contributed by atoms with van der Waals surface area (Å²) in [5, 5.41) is 20.6. The molecule has 138 valence electrons. The molecule has 1 aromatic carbocycles. The average Bonchev–Trinajstić information content (AvgIpc) is 2.64. The van der Waals surface area contributed by atoms with E-state index in [4.69, 9.17) is 4.74 Å². The minimum absolute atomic E-state index is 0.205. The smallest absolute Gasteiger partial charge is 0.314 e. The molecule has 1 fully saturated rings. The van der Waals surface area contributed by atoms with Crippen molar-refractivity contribution in [3.05, 3.63) is 53.7 Å². The average molecular weight is 356 g/mol. The molecular formula is C20H24N2O4. The fourth-order valence-electron chi connectivity index (χ4n) is 3.53. The van der Waals surface area contributed by atoms with E-state index in [1.54, 1.807) is 13.3 Å². The van der Waals surface area contributed by atoms with Crippen LogP contribution in [0.3, 0.4) is 0 Å². The van der Waals surface area contributed by atoms with Crippen LogP contribution in [0.15, 0.2) is 42.6 Å². The molecule has 1 aliphatic rings. The molecule has 26 heavy (non-hydrogen) atoms. The van der Waals surface area contributed by atoms with Gasteiger partial charge in [0.2, 0.25) is 0 Å². The molecule has 2 heterocycles. The number of nitrogens with zero attached hydrogens (tertiary/aromatic N) is 2. The van der Waals surface area contributed by atoms with Crippen LogP contribution in [-0.4, -0.2) is 47.5 Å². The van der Waals surface area contributed by atoms with Crippen LogP contribution in [0, 0.1) is 12.3 Å². The van der Waals surface area contributed by atoms with Crippen LogP contribution < -0.4 is 9.64 Å². The molecule has 0 radical (unpaired) electrons. The Kier molecular flexibility index (Phi) is 5.13. The van der Waals surface area contributed by atoms with Crippen molar-refractivity contribution in [1.29, 1.82) is 0 Å². The van der Waals surface area contributed by atoms with E-state index in [9.17, 15) is 15.0 Å². The fraction of sp³-hybridized carbons (Fsp3) is 0.400. The summed E-state index contributed by atoms with van der Waals surface area (Å²) in [6.45, 7) is 2.74. The lowest BCUT2D eigenvalue weighted by atomic mass is 9.73. The summed E-state index contributed by atoms with van der Waals surface area (Å²) < 4.78 is 5.24. The standard InChI is InChI=1S/C20H24N2O4/c1-14-6-7-18(21-12-14)22-9-8-17(23)20(13-22,19(24)25)11-15-4-3-5-16(10-15)26-2/h3-7,10,12,17,23H,8-9,11,13H2,1-2H3,(H,24,25)/t17-,20+/m0/s1. The zero-order valence-corrected chi connectivity index (χ0v) is 15.1. The maximum Gasteiger partial charge on any atom is 0.314 e. The van der Waals surface area contributed by atoms with Crippen molar-refractivity contribution >= 4 is 11.8 Å². The van der Waals surface area contributed by atoms with Crippen LogP contribution in [-0.2, 0) is 11.2 Å². The molecule has 2 atom stereocenters. The monoisotopic (exact) mass is 356 g/mol. The van der Waals surface area contributed by atoms with Gasteiger partial charge in [0.05, 0.1) is 13.2 Å². The van der Waals surface area contributed by atoms with Gasteiger partial charge in [-0.1, -0.05) is 18.2 Å². The predicted octanol–water partition coefficient (Wildman–Crippen LogP) is 2.28. The fourth-order valence-corrected chi connectivity index (χ4v) is 3.53. The first-order valence-electron chi connectivity index (χ1n) is 8.66. The molecule has 2 N–H and O–H groups in total. The maximum absolute atomic E-state index is 12.2. The number of hydrogen-bond acceptors (Lipinski definition) is 5. The number of piperidine rings is 1. The topological polar surface area (TPSA) is 82.9 Å². The van der Waals surface area contributed by atoms with Gasteiger partial charge in [-0.25, -0.2) is 4.98 Å². The number of carboxylic acid groups (broad SMARTS) is 1. The number of pyridine rings is 1. The SMILES string of the molecule is COc1cccc(C[C@@]2(C(=O)O)CN(c3ccc(C)cn3)CC[C@@H]2O)c1. The predicted molar refractivity (Wildman–Crippen MR) is 98.6 cm³/mol. The molecule has 0 saturated carbocycles. The number of hydrogen-bond donors (Lipinski definition) is 2. The molecule has 3 rings (SSSR count). The number of methoxy groups -OCH3 is 1. The van der Waals surface area contributed by atoms with E-state index in [-0.39, 0.29) is 13.0 Å². The number of aryl methyl sites for hydroxylation is 1. The minimum atomic E-state index is -1.29. The van der Waals surface area contributed by atoms with Crippen LogP contribution in [0.4, 0.5) is 5.82 Å². The highest BCUT2D eigenvalue weighted by Crippen LogP contribution is 2.36. The molecular weight excluding hydrogens is 332 g/mol. The van der Waals surface area contributed by atoms with Crippen LogP contribution >= 0.6 is 0 Å². The number of aromatic nitrogens is 1. The van der Waals surface area contributed by atoms with Gasteiger partial charge in [0.25, 0.3) is 0 Å². The second-order valence-electron chi connectivity index (χ2n) is 6.91. The molecule has 0 amide bonds. The van der Waals surface area contributed by atoms with Gasteiger partial charge in [-0.3, -0.25) is 4.79 Å². The molecule has 1 saturated heterocycles. The summed E-state index contributed by atoms with van der Waals surface area (Å²) >= 11 is 0. The third kappa shape index (κ3) is 3.51. The number of aliphatic carboxylic acids is 1. The van der Waals surface area contributed by atoms with Gasteiger partial charge >= 0.3 is 5.97 Å². The number of carboxylic acids is 1. The Balaban J connectivity index is 1.91. The summed E-state index contributed by atoms with van der Waals surface area (Å²) in [5.74, 6) is 0.411. The highest BCUT2D eigenvalue weighted by atomic mass is 16.5. The minimum Gasteiger partial charge on any atom is -0.497 e. The number of rotatable bonds is 5. The van der Waals surface area contributed by atoms with Crippen molar-refractivity contribution in [2.45, 2.75) is 25.9 Å². The Morgan fingerprint density at radius 3 is 2.85 bits per heavy atom. The molecule has 0 bridgehead atoms. The highest BCUT2D eigenvalue weighted by molar-refractivity contribution is 5.77. The van der Waals surface area contributed by atoms with Crippen LogP contribution in [0.25, 0.3) is 0 Å². The number of aliphatic hydroxyl groups is 1. The second-order valence-corrected chi connectivity index (χ2v) is 6.91. The normalized spacial score (nSPS) is 22.9. The van der Waals surface area contributed by atoms with E-state index in [0.717, 1.165) is 16.9 Å². The first-order chi connectivity index (χ1) is 12.4. The van der Waals surface area contributed by atoms with Gasteiger partial charge in [-0.05, 0) is 49.1 Å². The van der Waals surface area contributed by atoms with E-state index in [1.165, 1.54) is 0 Å². The van der Waals surface area contributed by atoms with Crippen molar-refractivity contribution < 1.29 is 19.7 Å². The van der Waals surface area contributed by atoms with Gasteiger partial charge in [0.15, 0.2) is 0 Å². The van der Waals surface area contributed by atoms with Gasteiger partial charge in [-0.2, -0.15) is 0 Å². The zero-order chi connectivity index (χ0) is 18.7. The first kappa shape index (κ1) is 18.2. The van der Waals surface area contributed by atoms with Gasteiger partial charge in [-0.15, -0.1) is 0 Å². The van der Waals surface area contributed by atoms with Gasteiger partial charge in [0, 0.05) is 19.3 Å². The van der Waals surface area contributed by atoms with Crippen LogP contribution in [0.1, 0.15) is 17.5 Å². The van der Waals surface area contributed by atoms with Crippen LogP contribution in [0.2, 0.25) is 0 Å². The van der Waals surface area contributed by atoms with Crippen LogP contribution in [0.5, 0.6) is 5.75 Å². The lowest BCUT2D eigenvalue weighted by molar-refractivity contribution is -0.157. The van der Waals surface area contributed by atoms with Crippen molar-refractivity contribution in [2.75, 3.05) is 25.1 Å². The van der Waals surface area contributed by atoms with Crippen molar-refractivity contribution in [3.8, 4) is 5.75 Å². The number of benzene rings is 1. The van der Waals surface area contributed by atoms with E-state index < -0.39 is 17.5 Å². The first-order valence-corrected chi connectivity index (χ1v) is 8.66. The van der Waals surface area contributed by atoms with E-state index in [2.05, 4.69) is 4.98 Å². The summed E-state index contributed by atoms with van der Waals surface area (Å²) in [7, 11) is 1.58. The largest absolute Gasteiger partial charge is 0.497 e. The third-order valence-electron chi connectivity index (χ3n) is 5.08. The summed E-state index contributed by atoms with van der Waals surface area (Å²) in [6.07, 6.45) is 1.45. The van der Waals surface area contributed by atoms with Crippen molar-refractivity contribution in [2.24, 2.45) is 5.41 Å². The maximum atomic E-state index is 12.2. The number of ether oxygens (including phenoxy) is 1. The quantitative estimate of drug-likeness (QED) is 0.855. The Morgan fingerprint density at radius 2 is 2.19 bits per heavy atom. The molecule has 0 unspecified atom stereocenters. The van der Waals surface area contributed by atoms with E-state index >= 15 is 0 Å². The summed E-state index contributed by atoms with van der Waals surface area (Å²) in [6, 6.07) is 11.2. The van der Waals surface area contributed by atoms with Crippen molar-refractivity contribution in [1.82, 2.24) is 4.98 Å². The van der Waals surface area contributed by atoms with Gasteiger partial charge < -0.3 is 19.8 Å². The van der Waals surface area contributed by atoms with E-state index in [1.807, 2.05) is 48.2 Å². The third-order valence-corrected chi connectivity index (χ3v) is 5.08. The summed E-state index contributed by atoms with van der Waals surface area (Å²) in [5.41, 5.74) is 0.577. The Hall–Kier alpha value is -2.60. The Bertz CT molecular complexity index is 778. The molecule has 0 spiro atoms. The molecule has 1 aromatic heterocycles. The second kappa shape index (κ2) is 7.33.